The molecule has 130 valence electrons. The monoisotopic (exact) mass is 333 g/mol. The molecule has 0 radical (unpaired) electrons. The Hall–Kier alpha value is -2.22. The van der Waals surface area contributed by atoms with Gasteiger partial charge in [-0.15, -0.1) is 0 Å². The fourth-order valence-corrected chi connectivity index (χ4v) is 2.75. The summed E-state index contributed by atoms with van der Waals surface area (Å²) in [6, 6.07) is 1.82. The summed E-state index contributed by atoms with van der Waals surface area (Å²) in [5, 5.41) is 11.1. The van der Waals surface area contributed by atoms with Crippen molar-refractivity contribution in [1.29, 1.82) is 0 Å². The topological polar surface area (TPSA) is 95.1 Å². The molecule has 2 aromatic heterocycles. The third-order valence-electron chi connectivity index (χ3n) is 3.88. The second-order valence-electron chi connectivity index (χ2n) is 6.48. The van der Waals surface area contributed by atoms with Crippen molar-refractivity contribution in [2.45, 2.75) is 45.8 Å². The van der Waals surface area contributed by atoms with Crippen molar-refractivity contribution in [1.82, 2.24) is 25.2 Å². The van der Waals surface area contributed by atoms with Gasteiger partial charge in [-0.05, 0) is 31.2 Å². The first kappa shape index (κ1) is 16.6. The Labute approximate surface area is 140 Å². The minimum atomic E-state index is -0.205. The van der Waals surface area contributed by atoms with Crippen LogP contribution < -0.4 is 5.32 Å². The number of hydrogen-bond acceptors (Lipinski definition) is 6. The van der Waals surface area contributed by atoms with Crippen LogP contribution in [0.3, 0.4) is 0 Å². The molecule has 0 spiro atoms. The average molecular weight is 333 g/mol. The predicted octanol–water partition coefficient (Wildman–Crippen LogP) is 1.78. The lowest BCUT2D eigenvalue weighted by Gasteiger charge is -2.02. The largest absolute Gasteiger partial charge is 0.368 e. The molecule has 3 rings (SSSR count). The van der Waals surface area contributed by atoms with Crippen LogP contribution in [-0.4, -0.2) is 32.4 Å². The number of ether oxygens (including phenoxy) is 1. The first-order valence-corrected chi connectivity index (χ1v) is 8.28. The highest BCUT2D eigenvalue weighted by Gasteiger charge is 2.24. The number of nitrogens with one attached hydrogen (secondary N) is 1. The van der Waals surface area contributed by atoms with E-state index in [0.29, 0.717) is 23.3 Å². The predicted molar refractivity (Wildman–Crippen MR) is 85.1 cm³/mol. The molecular weight excluding hydrogens is 310 g/mol. The van der Waals surface area contributed by atoms with E-state index in [-0.39, 0.29) is 18.6 Å². The molecule has 1 amide bonds. The highest BCUT2D eigenvalue weighted by atomic mass is 16.5. The van der Waals surface area contributed by atoms with E-state index in [4.69, 9.17) is 9.26 Å². The molecule has 1 N–H and O–H groups in total. The van der Waals surface area contributed by atoms with Gasteiger partial charge in [0.05, 0.1) is 12.2 Å². The van der Waals surface area contributed by atoms with Gasteiger partial charge in [0, 0.05) is 13.7 Å². The highest BCUT2D eigenvalue weighted by Crippen LogP contribution is 2.26. The SMILES string of the molecule is CC(C)Cc1cc(C(=O)NCc2noc(C3CCCO3)n2)n(C)n1. The smallest absolute Gasteiger partial charge is 0.269 e. The van der Waals surface area contributed by atoms with Gasteiger partial charge in [0.2, 0.25) is 0 Å². The Balaban J connectivity index is 1.58. The number of aromatic nitrogens is 4. The van der Waals surface area contributed by atoms with E-state index in [0.717, 1.165) is 31.6 Å². The summed E-state index contributed by atoms with van der Waals surface area (Å²) >= 11 is 0. The molecule has 1 aliphatic rings. The lowest BCUT2D eigenvalue weighted by Crippen LogP contribution is -2.25. The summed E-state index contributed by atoms with van der Waals surface area (Å²) < 4.78 is 12.3. The zero-order chi connectivity index (χ0) is 17.1. The summed E-state index contributed by atoms with van der Waals surface area (Å²) in [5.41, 5.74) is 1.44. The molecule has 0 aliphatic carbocycles. The number of aryl methyl sites for hydroxylation is 1. The van der Waals surface area contributed by atoms with Gasteiger partial charge >= 0.3 is 0 Å². The van der Waals surface area contributed by atoms with Gasteiger partial charge in [-0.2, -0.15) is 10.1 Å². The fourth-order valence-electron chi connectivity index (χ4n) is 2.75. The van der Waals surface area contributed by atoms with Gasteiger partial charge in [0.1, 0.15) is 11.8 Å². The number of nitrogens with zero attached hydrogens (tertiary/aromatic N) is 4. The van der Waals surface area contributed by atoms with Crippen LogP contribution in [0.2, 0.25) is 0 Å². The van der Waals surface area contributed by atoms with Crippen LogP contribution in [0.15, 0.2) is 10.6 Å². The summed E-state index contributed by atoms with van der Waals surface area (Å²) in [5.74, 6) is 1.21. The van der Waals surface area contributed by atoms with Crippen LogP contribution in [0, 0.1) is 5.92 Å². The molecule has 8 nitrogen and oxygen atoms in total. The zero-order valence-electron chi connectivity index (χ0n) is 14.3. The van der Waals surface area contributed by atoms with Crippen molar-refractivity contribution in [3.8, 4) is 0 Å². The van der Waals surface area contributed by atoms with Gasteiger partial charge in [-0.25, -0.2) is 0 Å². The van der Waals surface area contributed by atoms with E-state index in [1.54, 1.807) is 11.7 Å². The van der Waals surface area contributed by atoms with Crippen molar-refractivity contribution in [3.63, 3.8) is 0 Å². The number of hydrogen-bond donors (Lipinski definition) is 1. The number of rotatable bonds is 6. The molecule has 0 bridgehead atoms. The Morgan fingerprint density at radius 1 is 1.50 bits per heavy atom. The number of amides is 1. The minimum Gasteiger partial charge on any atom is -0.368 e. The molecule has 3 heterocycles. The minimum absolute atomic E-state index is 0.113. The number of carbonyl (C=O) groups excluding carboxylic acids is 1. The van der Waals surface area contributed by atoms with E-state index in [9.17, 15) is 4.79 Å². The average Bonchev–Trinajstić information content (AvgIpc) is 3.24. The van der Waals surface area contributed by atoms with Crippen LogP contribution in [0.5, 0.6) is 0 Å². The summed E-state index contributed by atoms with van der Waals surface area (Å²) in [6.45, 7) is 5.17. The normalized spacial score (nSPS) is 17.6. The first-order chi connectivity index (χ1) is 11.5. The lowest BCUT2D eigenvalue weighted by molar-refractivity contribution is 0.0835. The third-order valence-corrected chi connectivity index (χ3v) is 3.88. The van der Waals surface area contributed by atoms with Crippen LogP contribution in [0.4, 0.5) is 0 Å². The van der Waals surface area contributed by atoms with Gasteiger partial charge in [-0.3, -0.25) is 9.48 Å². The highest BCUT2D eigenvalue weighted by molar-refractivity contribution is 5.92. The maximum atomic E-state index is 12.3. The molecule has 0 aromatic carbocycles. The van der Waals surface area contributed by atoms with Gasteiger partial charge in [0.25, 0.3) is 11.8 Å². The van der Waals surface area contributed by atoms with E-state index in [1.807, 2.05) is 6.07 Å². The molecule has 1 atom stereocenters. The summed E-state index contributed by atoms with van der Waals surface area (Å²) in [7, 11) is 1.77. The molecular formula is C16H23N5O3. The molecule has 1 saturated heterocycles. The first-order valence-electron chi connectivity index (χ1n) is 8.28. The van der Waals surface area contributed by atoms with Crippen molar-refractivity contribution in [3.05, 3.63) is 29.2 Å². The van der Waals surface area contributed by atoms with Crippen LogP contribution in [0.25, 0.3) is 0 Å². The molecule has 1 unspecified atom stereocenters. The molecule has 0 saturated carbocycles. The zero-order valence-corrected chi connectivity index (χ0v) is 14.3. The van der Waals surface area contributed by atoms with Gasteiger partial charge in [-0.1, -0.05) is 19.0 Å². The fraction of sp³-hybridized carbons (Fsp3) is 0.625. The Morgan fingerprint density at radius 2 is 2.33 bits per heavy atom. The maximum absolute atomic E-state index is 12.3. The van der Waals surface area contributed by atoms with Crippen molar-refractivity contribution in [2.24, 2.45) is 13.0 Å². The van der Waals surface area contributed by atoms with E-state index in [1.165, 1.54) is 0 Å². The Morgan fingerprint density at radius 3 is 3.04 bits per heavy atom. The Bertz CT molecular complexity index is 700. The van der Waals surface area contributed by atoms with Gasteiger partial charge < -0.3 is 14.6 Å². The van der Waals surface area contributed by atoms with E-state index < -0.39 is 0 Å². The van der Waals surface area contributed by atoms with Crippen molar-refractivity contribution < 1.29 is 14.1 Å². The molecule has 1 fully saturated rings. The second kappa shape index (κ2) is 7.12. The standard InChI is InChI=1S/C16H23N5O3/c1-10(2)7-11-8-12(21(3)19-11)15(22)17-9-14-18-16(24-20-14)13-5-4-6-23-13/h8,10,13H,4-7,9H2,1-3H3,(H,17,22). The second-order valence-corrected chi connectivity index (χ2v) is 6.48. The quantitative estimate of drug-likeness (QED) is 0.866. The molecule has 8 heteroatoms. The van der Waals surface area contributed by atoms with E-state index in [2.05, 4.69) is 34.4 Å². The van der Waals surface area contributed by atoms with Crippen molar-refractivity contribution in [2.75, 3.05) is 6.61 Å². The molecule has 24 heavy (non-hydrogen) atoms. The summed E-state index contributed by atoms with van der Waals surface area (Å²) in [4.78, 5) is 16.6. The van der Waals surface area contributed by atoms with Crippen LogP contribution in [-0.2, 0) is 24.8 Å². The number of carbonyl (C=O) groups is 1. The lowest BCUT2D eigenvalue weighted by atomic mass is 10.1. The molecule has 2 aromatic rings. The summed E-state index contributed by atoms with van der Waals surface area (Å²) in [6.07, 6.45) is 2.62. The van der Waals surface area contributed by atoms with Crippen LogP contribution >= 0.6 is 0 Å². The maximum Gasteiger partial charge on any atom is 0.269 e. The van der Waals surface area contributed by atoms with Gasteiger partial charge in [0.15, 0.2) is 5.82 Å². The van der Waals surface area contributed by atoms with E-state index >= 15 is 0 Å². The third kappa shape index (κ3) is 3.81. The molecule has 1 aliphatic heterocycles. The van der Waals surface area contributed by atoms with Crippen molar-refractivity contribution >= 4 is 5.91 Å². The Kier molecular flexibility index (Phi) is 4.94. The van der Waals surface area contributed by atoms with Crippen LogP contribution in [0.1, 0.15) is 60.7 Å².